The molecule has 5 nitrogen and oxygen atoms in total. The number of aliphatic carboxylic acids is 1. The van der Waals surface area contributed by atoms with Crippen LogP contribution in [0.15, 0.2) is 30.5 Å². The third-order valence-electron chi connectivity index (χ3n) is 7.80. The summed E-state index contributed by atoms with van der Waals surface area (Å²) < 4.78 is 20.8. The Kier molecular flexibility index (Phi) is 9.67. The molecule has 1 aromatic heterocycles. The van der Waals surface area contributed by atoms with Crippen molar-refractivity contribution in [1.29, 1.82) is 0 Å². The first kappa shape index (κ1) is 26.2. The van der Waals surface area contributed by atoms with Crippen molar-refractivity contribution in [1.82, 2.24) is 9.88 Å². The van der Waals surface area contributed by atoms with E-state index in [9.17, 15) is 9.90 Å². The number of halogens is 1. The largest absolute Gasteiger partial charge is 0.497 e. The predicted molar refractivity (Wildman–Crippen MR) is 141 cm³/mol. The highest BCUT2D eigenvalue weighted by Gasteiger charge is 2.31. The van der Waals surface area contributed by atoms with E-state index >= 15 is 4.39 Å². The van der Waals surface area contributed by atoms with Crippen molar-refractivity contribution < 1.29 is 19.0 Å². The van der Waals surface area contributed by atoms with Crippen molar-refractivity contribution in [2.24, 2.45) is 11.8 Å². The Morgan fingerprint density at radius 1 is 1.26 bits per heavy atom. The average Bonchev–Trinajstić information content (AvgIpc) is 3.38. The van der Waals surface area contributed by atoms with Gasteiger partial charge >= 0.3 is 5.97 Å². The third kappa shape index (κ3) is 7.32. The first-order valence-electron chi connectivity index (χ1n) is 13.2. The van der Waals surface area contributed by atoms with Gasteiger partial charge in [-0.1, -0.05) is 12.8 Å². The maximum absolute atomic E-state index is 15.5. The minimum atomic E-state index is -1.11. The number of carboxylic acid groups (broad SMARTS) is 1. The molecule has 0 bridgehead atoms. The molecule has 192 valence electrons. The van der Waals surface area contributed by atoms with Crippen LogP contribution in [0.4, 0.5) is 4.39 Å². The Balaban J connectivity index is 1.30. The lowest BCUT2D eigenvalue weighted by molar-refractivity contribution is -0.139. The van der Waals surface area contributed by atoms with Crippen LogP contribution in [-0.4, -0.2) is 58.7 Å². The number of carbonyl (C=O) groups is 1. The summed E-state index contributed by atoms with van der Waals surface area (Å²) in [5, 5.41) is 11.2. The van der Waals surface area contributed by atoms with Crippen molar-refractivity contribution in [2.75, 3.05) is 32.5 Å². The minimum Gasteiger partial charge on any atom is -0.497 e. The molecule has 1 aliphatic heterocycles. The molecule has 2 aromatic rings. The number of piperidine rings is 1. The van der Waals surface area contributed by atoms with Gasteiger partial charge in [0.1, 0.15) is 11.9 Å². The maximum atomic E-state index is 15.5. The van der Waals surface area contributed by atoms with Gasteiger partial charge in [-0.3, -0.25) is 9.78 Å². The first-order chi connectivity index (χ1) is 17.0. The van der Waals surface area contributed by atoms with Crippen molar-refractivity contribution in [3.63, 3.8) is 0 Å². The summed E-state index contributed by atoms with van der Waals surface area (Å²) in [6, 6.07) is 7.30. The van der Waals surface area contributed by atoms with Crippen molar-refractivity contribution in [2.45, 2.75) is 69.2 Å². The van der Waals surface area contributed by atoms with Crippen LogP contribution in [0, 0.1) is 11.8 Å². The van der Waals surface area contributed by atoms with Gasteiger partial charge in [0.15, 0.2) is 0 Å². The highest BCUT2D eigenvalue weighted by atomic mass is 32.2. The monoisotopic (exact) mass is 502 g/mol. The number of nitrogens with zero attached hydrogens (tertiary/aromatic N) is 2. The Hall–Kier alpha value is -1.86. The van der Waals surface area contributed by atoms with Crippen molar-refractivity contribution >= 4 is 28.6 Å². The number of thioether (sulfide) groups is 1. The summed E-state index contributed by atoms with van der Waals surface area (Å²) in [6.45, 7) is 2.84. The fraction of sp³-hybridized carbons (Fsp3) is 0.643. The smallest absolute Gasteiger partial charge is 0.303 e. The highest BCUT2D eigenvalue weighted by Crippen LogP contribution is 2.36. The van der Waals surface area contributed by atoms with Crippen molar-refractivity contribution in [3.8, 4) is 5.75 Å². The van der Waals surface area contributed by atoms with Crippen LogP contribution >= 0.6 is 11.8 Å². The second kappa shape index (κ2) is 12.9. The van der Waals surface area contributed by atoms with Gasteiger partial charge in [0.05, 0.1) is 12.6 Å². The second-order valence-corrected chi connectivity index (χ2v) is 11.6. The summed E-state index contributed by atoms with van der Waals surface area (Å²) in [6.07, 6.45) is 9.45. The Labute approximate surface area is 212 Å². The van der Waals surface area contributed by atoms with Gasteiger partial charge in [0.25, 0.3) is 0 Å². The van der Waals surface area contributed by atoms with E-state index in [1.54, 1.807) is 19.4 Å². The number of methoxy groups -OCH3 is 1. The second-order valence-electron chi connectivity index (χ2n) is 10.2. The predicted octanol–water partition coefficient (Wildman–Crippen LogP) is 6.51. The SMILES string of the molecule is COc1ccc2nccc([C@@H](F)CC[C@@H]3CCN(CCCSC4CCCC4)C[C@@H]3CC(=O)O)c2c1. The minimum absolute atomic E-state index is 0.0882. The van der Waals surface area contributed by atoms with Crippen LogP contribution in [0.25, 0.3) is 10.9 Å². The van der Waals surface area contributed by atoms with Gasteiger partial charge in [-0.05, 0) is 99.0 Å². The number of benzene rings is 1. The summed E-state index contributed by atoms with van der Waals surface area (Å²) in [4.78, 5) is 18.4. The number of ether oxygens (including phenoxy) is 1. The molecule has 0 radical (unpaired) electrons. The van der Waals surface area contributed by atoms with E-state index in [1.807, 2.05) is 18.2 Å². The van der Waals surface area contributed by atoms with E-state index in [4.69, 9.17) is 4.74 Å². The van der Waals surface area contributed by atoms with Crippen molar-refractivity contribution in [3.05, 3.63) is 36.0 Å². The summed E-state index contributed by atoms with van der Waals surface area (Å²) in [5.41, 5.74) is 1.40. The molecule has 0 amide bonds. The Morgan fingerprint density at radius 2 is 2.09 bits per heavy atom. The molecule has 2 heterocycles. The number of likely N-dealkylation sites (tertiary alicyclic amines) is 1. The zero-order valence-electron chi connectivity index (χ0n) is 20.8. The molecule has 1 N–H and O–H groups in total. The number of pyridine rings is 1. The van der Waals surface area contributed by atoms with Crippen LogP contribution in [0.3, 0.4) is 0 Å². The number of aromatic nitrogens is 1. The number of alkyl halides is 1. The number of hydrogen-bond acceptors (Lipinski definition) is 5. The molecule has 35 heavy (non-hydrogen) atoms. The van der Waals surface area contributed by atoms with Gasteiger partial charge < -0.3 is 14.7 Å². The molecule has 0 spiro atoms. The van der Waals surface area contributed by atoms with E-state index in [2.05, 4.69) is 21.6 Å². The lowest BCUT2D eigenvalue weighted by Gasteiger charge is -2.38. The average molecular weight is 503 g/mol. The van der Waals surface area contributed by atoms with Crippen LogP contribution < -0.4 is 4.74 Å². The molecule has 1 aliphatic carbocycles. The standard InChI is InChI=1S/C28H39FN2O3S/c1-34-22-8-10-27-25(18-22)24(11-13-30-27)26(29)9-7-20-12-15-31(19-21(20)17-28(32)33)14-4-16-35-23-5-2-3-6-23/h8,10-11,13,18,20-21,23,26H,2-7,9,12,14-17,19H2,1H3,(H,32,33)/t20-,21+,26+/m1/s1. The lowest BCUT2D eigenvalue weighted by Crippen LogP contribution is -2.42. The zero-order chi connectivity index (χ0) is 24.6. The number of fused-ring (bicyclic) bond motifs is 1. The van der Waals surface area contributed by atoms with Gasteiger partial charge in [-0.25, -0.2) is 4.39 Å². The van der Waals surface area contributed by atoms with E-state index < -0.39 is 12.1 Å². The number of carboxylic acids is 1. The summed E-state index contributed by atoms with van der Waals surface area (Å²) in [7, 11) is 1.60. The fourth-order valence-electron chi connectivity index (χ4n) is 5.85. The molecule has 1 saturated heterocycles. The Morgan fingerprint density at radius 3 is 2.86 bits per heavy atom. The van der Waals surface area contributed by atoms with E-state index in [0.29, 0.717) is 24.2 Å². The molecule has 0 unspecified atom stereocenters. The first-order valence-corrected chi connectivity index (χ1v) is 14.2. The summed E-state index contributed by atoms with van der Waals surface area (Å²) >= 11 is 2.12. The maximum Gasteiger partial charge on any atom is 0.303 e. The number of rotatable bonds is 12. The molecule has 1 saturated carbocycles. The summed E-state index contributed by atoms with van der Waals surface area (Å²) in [5.74, 6) is 1.47. The molecule has 3 atom stereocenters. The third-order valence-corrected chi connectivity index (χ3v) is 9.26. The molecule has 7 heteroatoms. The molecule has 2 fully saturated rings. The molecule has 1 aromatic carbocycles. The zero-order valence-corrected chi connectivity index (χ0v) is 21.6. The van der Waals surface area contributed by atoms with Gasteiger partial charge in [0.2, 0.25) is 0 Å². The van der Waals surface area contributed by atoms with Crippen LogP contribution in [0.2, 0.25) is 0 Å². The molecule has 2 aliphatic rings. The Bertz CT molecular complexity index is 968. The van der Waals surface area contributed by atoms with Crippen LogP contribution in [0.1, 0.15) is 69.5 Å². The van der Waals surface area contributed by atoms with E-state index in [1.165, 1.54) is 31.4 Å². The van der Waals surface area contributed by atoms with Gasteiger partial charge in [-0.15, -0.1) is 0 Å². The molecule has 4 rings (SSSR count). The lowest BCUT2D eigenvalue weighted by atomic mass is 9.79. The van der Waals surface area contributed by atoms with Crippen LogP contribution in [0.5, 0.6) is 5.75 Å². The normalized spacial score (nSPS) is 22.5. The van der Waals surface area contributed by atoms with Crippen LogP contribution in [-0.2, 0) is 4.79 Å². The highest BCUT2D eigenvalue weighted by molar-refractivity contribution is 7.99. The van der Waals surface area contributed by atoms with E-state index in [0.717, 1.165) is 48.6 Å². The van der Waals surface area contributed by atoms with E-state index in [-0.39, 0.29) is 18.3 Å². The van der Waals surface area contributed by atoms with Gasteiger partial charge in [-0.2, -0.15) is 11.8 Å². The number of hydrogen-bond donors (Lipinski definition) is 1. The topological polar surface area (TPSA) is 62.7 Å². The van der Waals surface area contributed by atoms with Gasteiger partial charge in [0, 0.05) is 29.8 Å². The quantitative estimate of drug-likeness (QED) is 0.334. The molecular weight excluding hydrogens is 463 g/mol. The molecular formula is C28H39FN2O3S. The fourth-order valence-corrected chi connectivity index (χ4v) is 7.15.